The van der Waals surface area contributed by atoms with Crippen LogP contribution in [0.25, 0.3) is 0 Å². The molecule has 0 saturated carbocycles. The molecule has 2 atom stereocenters. The van der Waals surface area contributed by atoms with E-state index in [1.807, 2.05) is 7.05 Å². The molecule has 1 saturated heterocycles. The molecule has 1 fully saturated rings. The van der Waals surface area contributed by atoms with Gasteiger partial charge in [-0.15, -0.1) is 0 Å². The van der Waals surface area contributed by atoms with Gasteiger partial charge in [-0.2, -0.15) is 0 Å². The van der Waals surface area contributed by atoms with Crippen LogP contribution in [0.5, 0.6) is 0 Å². The molecule has 0 amide bonds. The van der Waals surface area contributed by atoms with Crippen molar-refractivity contribution >= 4 is 0 Å². The maximum Gasteiger partial charge on any atom is 0.194 e. The average Bonchev–Trinajstić information content (AvgIpc) is 2.79. The molecule has 20 heavy (non-hydrogen) atoms. The van der Waals surface area contributed by atoms with E-state index in [2.05, 4.69) is 17.1 Å². The van der Waals surface area contributed by atoms with E-state index in [0.717, 1.165) is 44.6 Å². The minimum atomic E-state index is -1.39. The normalized spacial score (nSPS) is 23.4. The summed E-state index contributed by atoms with van der Waals surface area (Å²) < 4.78 is 40.1. The highest BCUT2D eigenvalue weighted by atomic mass is 19.2. The lowest BCUT2D eigenvalue weighted by atomic mass is 9.93. The summed E-state index contributed by atoms with van der Waals surface area (Å²) in [5, 5.41) is 3.12. The minimum absolute atomic E-state index is 0.0491. The van der Waals surface area contributed by atoms with Gasteiger partial charge in [0.05, 0.1) is 0 Å². The molecule has 1 N–H and O–H groups in total. The Hall–Kier alpha value is -1.07. The topological polar surface area (TPSA) is 15.3 Å². The number of rotatable bonds is 5. The monoisotopic (exact) mass is 286 g/mol. The van der Waals surface area contributed by atoms with E-state index >= 15 is 0 Å². The lowest BCUT2D eigenvalue weighted by Gasteiger charge is -2.28. The van der Waals surface area contributed by atoms with Crippen LogP contribution in [0.15, 0.2) is 12.1 Å². The number of benzene rings is 1. The van der Waals surface area contributed by atoms with Crippen LogP contribution in [0.4, 0.5) is 13.2 Å². The van der Waals surface area contributed by atoms with Crippen molar-refractivity contribution in [3.63, 3.8) is 0 Å². The van der Waals surface area contributed by atoms with Crippen molar-refractivity contribution in [1.82, 2.24) is 10.2 Å². The average molecular weight is 286 g/mol. The number of hydrogen-bond acceptors (Lipinski definition) is 2. The molecule has 0 bridgehead atoms. The lowest BCUT2D eigenvalue weighted by molar-refractivity contribution is 0.226. The van der Waals surface area contributed by atoms with E-state index in [-0.39, 0.29) is 12.0 Å². The molecule has 1 aliphatic heterocycles. The second kappa shape index (κ2) is 6.59. The number of likely N-dealkylation sites (tertiary alicyclic amines) is 1. The highest BCUT2D eigenvalue weighted by Crippen LogP contribution is 2.37. The van der Waals surface area contributed by atoms with Crippen molar-refractivity contribution in [3.05, 3.63) is 35.1 Å². The van der Waals surface area contributed by atoms with Crippen LogP contribution in [0.2, 0.25) is 0 Å². The van der Waals surface area contributed by atoms with Crippen LogP contribution in [-0.4, -0.2) is 31.6 Å². The quantitative estimate of drug-likeness (QED) is 0.837. The maximum absolute atomic E-state index is 13.5. The minimum Gasteiger partial charge on any atom is -0.319 e. The smallest absolute Gasteiger partial charge is 0.194 e. The van der Waals surface area contributed by atoms with Gasteiger partial charge in [0.1, 0.15) is 0 Å². The summed E-state index contributed by atoms with van der Waals surface area (Å²) in [5.41, 5.74) is 0.535. The zero-order valence-corrected chi connectivity index (χ0v) is 11.9. The van der Waals surface area contributed by atoms with Crippen LogP contribution >= 0.6 is 0 Å². The highest BCUT2D eigenvalue weighted by Gasteiger charge is 2.35. The molecule has 2 rings (SSSR count). The van der Waals surface area contributed by atoms with E-state index in [9.17, 15) is 13.2 Å². The molecule has 1 aliphatic rings. The van der Waals surface area contributed by atoms with E-state index in [1.165, 1.54) is 0 Å². The molecule has 0 aliphatic carbocycles. The van der Waals surface area contributed by atoms with Gasteiger partial charge in [-0.25, -0.2) is 13.2 Å². The summed E-state index contributed by atoms with van der Waals surface area (Å²) in [4.78, 5) is 2.23. The predicted octanol–water partition coefficient (Wildman–Crippen LogP) is 3.10. The van der Waals surface area contributed by atoms with Crippen molar-refractivity contribution in [2.24, 2.45) is 5.92 Å². The van der Waals surface area contributed by atoms with Crippen LogP contribution in [0, 0.1) is 23.4 Å². The third kappa shape index (κ3) is 2.99. The van der Waals surface area contributed by atoms with E-state index < -0.39 is 17.5 Å². The lowest BCUT2D eigenvalue weighted by Crippen LogP contribution is -2.30. The van der Waals surface area contributed by atoms with Crippen LogP contribution in [0.3, 0.4) is 0 Å². The zero-order valence-electron chi connectivity index (χ0n) is 11.9. The van der Waals surface area contributed by atoms with Gasteiger partial charge in [0.25, 0.3) is 0 Å². The van der Waals surface area contributed by atoms with Gasteiger partial charge in [-0.1, -0.05) is 6.92 Å². The summed E-state index contributed by atoms with van der Waals surface area (Å²) in [6.07, 6.45) is 1.96. The SMILES string of the molecule is CCCN1CCC(CNC)C1c1cc(F)c(F)c(F)c1. The third-order valence-corrected chi connectivity index (χ3v) is 3.95. The fourth-order valence-corrected chi connectivity index (χ4v) is 3.17. The Morgan fingerprint density at radius 2 is 1.90 bits per heavy atom. The Balaban J connectivity index is 2.33. The Morgan fingerprint density at radius 3 is 2.45 bits per heavy atom. The fraction of sp³-hybridized carbons (Fsp3) is 0.600. The van der Waals surface area contributed by atoms with Gasteiger partial charge in [0, 0.05) is 6.04 Å². The fourth-order valence-electron chi connectivity index (χ4n) is 3.17. The van der Waals surface area contributed by atoms with Gasteiger partial charge in [-0.3, -0.25) is 4.90 Å². The number of nitrogens with zero attached hydrogens (tertiary/aromatic N) is 1. The zero-order chi connectivity index (χ0) is 14.7. The summed E-state index contributed by atoms with van der Waals surface area (Å²) in [5.74, 6) is -3.31. The molecule has 112 valence electrons. The van der Waals surface area contributed by atoms with Crippen LogP contribution in [0.1, 0.15) is 31.4 Å². The number of hydrogen-bond donors (Lipinski definition) is 1. The molecule has 2 unspecified atom stereocenters. The van der Waals surface area contributed by atoms with Crippen LogP contribution in [-0.2, 0) is 0 Å². The Morgan fingerprint density at radius 1 is 1.25 bits per heavy atom. The van der Waals surface area contributed by atoms with Gasteiger partial charge >= 0.3 is 0 Å². The third-order valence-electron chi connectivity index (χ3n) is 3.95. The maximum atomic E-state index is 13.5. The molecular weight excluding hydrogens is 265 g/mol. The first-order valence-corrected chi connectivity index (χ1v) is 7.11. The molecule has 0 aromatic heterocycles. The van der Waals surface area contributed by atoms with Gasteiger partial charge in [0.15, 0.2) is 17.5 Å². The summed E-state index contributed by atoms with van der Waals surface area (Å²) in [6, 6.07) is 2.23. The Labute approximate surface area is 118 Å². The summed E-state index contributed by atoms with van der Waals surface area (Å²) >= 11 is 0. The standard InChI is InChI=1S/C15H21F3N2/c1-3-5-20-6-4-10(9-19-2)15(20)11-7-12(16)14(18)13(17)8-11/h7-8,10,15,19H,3-6,9H2,1-2H3. The van der Waals surface area contributed by atoms with Crippen molar-refractivity contribution < 1.29 is 13.2 Å². The summed E-state index contributed by atoms with van der Waals surface area (Å²) in [7, 11) is 1.87. The molecule has 1 aromatic carbocycles. The van der Waals surface area contributed by atoms with E-state index in [4.69, 9.17) is 0 Å². The number of halogens is 3. The van der Waals surface area contributed by atoms with E-state index in [1.54, 1.807) is 0 Å². The van der Waals surface area contributed by atoms with Crippen molar-refractivity contribution in [1.29, 1.82) is 0 Å². The molecule has 1 heterocycles. The van der Waals surface area contributed by atoms with Gasteiger partial charge in [0.2, 0.25) is 0 Å². The number of nitrogens with one attached hydrogen (secondary N) is 1. The largest absolute Gasteiger partial charge is 0.319 e. The van der Waals surface area contributed by atoms with E-state index in [0.29, 0.717) is 5.56 Å². The molecule has 0 spiro atoms. The second-order valence-electron chi connectivity index (χ2n) is 5.39. The molecule has 5 heteroatoms. The highest BCUT2D eigenvalue weighted by molar-refractivity contribution is 5.24. The first kappa shape index (κ1) is 15.3. The first-order chi connectivity index (χ1) is 9.58. The summed E-state index contributed by atoms with van der Waals surface area (Å²) in [6.45, 7) is 4.65. The second-order valence-corrected chi connectivity index (χ2v) is 5.39. The van der Waals surface area contributed by atoms with Crippen molar-refractivity contribution in [2.45, 2.75) is 25.8 Å². The molecule has 2 nitrogen and oxygen atoms in total. The van der Waals surface area contributed by atoms with Crippen molar-refractivity contribution in [2.75, 3.05) is 26.7 Å². The predicted molar refractivity (Wildman–Crippen MR) is 73.0 cm³/mol. The van der Waals surface area contributed by atoms with Crippen LogP contribution < -0.4 is 5.32 Å². The molecule has 0 radical (unpaired) electrons. The van der Waals surface area contributed by atoms with Gasteiger partial charge in [-0.05, 0) is 63.1 Å². The first-order valence-electron chi connectivity index (χ1n) is 7.11. The van der Waals surface area contributed by atoms with Gasteiger partial charge < -0.3 is 5.32 Å². The Bertz CT molecular complexity index is 427. The molecule has 1 aromatic rings. The Kier molecular flexibility index (Phi) is 5.05. The molecular formula is C15H21F3N2. The van der Waals surface area contributed by atoms with Crippen molar-refractivity contribution in [3.8, 4) is 0 Å².